The van der Waals surface area contributed by atoms with Crippen LogP contribution in [0.25, 0.3) is 5.82 Å². The van der Waals surface area contributed by atoms with Crippen LogP contribution in [-0.4, -0.2) is 41.4 Å². The Balaban J connectivity index is 1.36. The summed E-state index contributed by atoms with van der Waals surface area (Å²) in [6, 6.07) is 8.00. The van der Waals surface area contributed by atoms with E-state index in [2.05, 4.69) is 40.9 Å². The van der Waals surface area contributed by atoms with E-state index in [1.165, 1.54) is 37.8 Å². The lowest BCUT2D eigenvalue weighted by atomic mass is 10.1. The quantitative estimate of drug-likeness (QED) is 0.410. The Bertz CT molecular complexity index is 1250. The Morgan fingerprint density at radius 1 is 1.06 bits per heavy atom. The molecule has 4 aromatic rings. The second kappa shape index (κ2) is 8.42. The third-order valence-corrected chi connectivity index (χ3v) is 5.01. The van der Waals surface area contributed by atoms with Gasteiger partial charge in [0.05, 0.1) is 6.20 Å². The minimum absolute atomic E-state index is 0.248. The molecular formula is C22H21N9O. The van der Waals surface area contributed by atoms with Gasteiger partial charge in [-0.25, -0.2) is 19.9 Å². The van der Waals surface area contributed by atoms with Gasteiger partial charge >= 0.3 is 0 Å². The maximum Gasteiger partial charge on any atom is 0.275 e. The monoisotopic (exact) mass is 427 g/mol. The number of nitrogens with zero attached hydrogens (tertiary/aromatic N) is 6. The van der Waals surface area contributed by atoms with Crippen molar-refractivity contribution in [3.05, 3.63) is 72.8 Å². The van der Waals surface area contributed by atoms with Crippen LogP contribution in [0.15, 0.2) is 61.6 Å². The lowest BCUT2D eigenvalue weighted by Crippen LogP contribution is -2.14. The third kappa shape index (κ3) is 4.38. The number of hydrogen-bond donors (Lipinski definition) is 3. The number of aryl methyl sites for hydroxylation is 1. The largest absolute Gasteiger partial charge is 0.367 e. The van der Waals surface area contributed by atoms with E-state index in [4.69, 9.17) is 0 Å². The van der Waals surface area contributed by atoms with Crippen LogP contribution in [-0.2, 0) is 0 Å². The molecule has 0 atom stereocenters. The Hall–Kier alpha value is -4.34. The molecule has 0 spiro atoms. The summed E-state index contributed by atoms with van der Waals surface area (Å²) in [5.41, 5.74) is 2.68. The molecule has 0 radical (unpaired) electrons. The summed E-state index contributed by atoms with van der Waals surface area (Å²) in [7, 11) is 0. The first-order chi connectivity index (χ1) is 15.7. The molecule has 1 aliphatic rings. The van der Waals surface area contributed by atoms with Crippen LogP contribution < -0.4 is 16.0 Å². The van der Waals surface area contributed by atoms with Crippen molar-refractivity contribution in [1.29, 1.82) is 0 Å². The molecule has 1 saturated carbocycles. The molecule has 10 heteroatoms. The van der Waals surface area contributed by atoms with Crippen LogP contribution in [0.1, 0.15) is 28.9 Å². The Kier molecular flexibility index (Phi) is 5.16. The molecule has 10 nitrogen and oxygen atoms in total. The van der Waals surface area contributed by atoms with Gasteiger partial charge in [-0.2, -0.15) is 0 Å². The second-order valence-electron chi connectivity index (χ2n) is 7.50. The van der Waals surface area contributed by atoms with Crippen molar-refractivity contribution in [1.82, 2.24) is 29.5 Å². The Morgan fingerprint density at radius 2 is 1.97 bits per heavy atom. The molecule has 5 rings (SSSR count). The summed E-state index contributed by atoms with van der Waals surface area (Å²) in [6.07, 6.45) is 11.8. The molecule has 0 saturated heterocycles. The van der Waals surface area contributed by atoms with Gasteiger partial charge in [0.2, 0.25) is 5.95 Å². The summed E-state index contributed by atoms with van der Waals surface area (Å²) in [5.74, 6) is 1.77. The zero-order valence-corrected chi connectivity index (χ0v) is 17.4. The van der Waals surface area contributed by atoms with E-state index >= 15 is 0 Å². The number of hydrogen-bond acceptors (Lipinski definition) is 8. The SMILES string of the molecule is Cc1ccc(NC(=O)c2cnccn2)cc1Nc1nccn1-c1cc(NC2CC2)ncn1. The lowest BCUT2D eigenvalue weighted by Gasteiger charge is -2.14. The molecule has 1 fully saturated rings. The topological polar surface area (TPSA) is 123 Å². The lowest BCUT2D eigenvalue weighted by molar-refractivity contribution is 0.102. The van der Waals surface area contributed by atoms with Gasteiger partial charge in [0.15, 0.2) is 0 Å². The number of anilines is 4. The van der Waals surface area contributed by atoms with Crippen molar-refractivity contribution in [2.24, 2.45) is 0 Å². The first-order valence-electron chi connectivity index (χ1n) is 10.2. The molecule has 3 aromatic heterocycles. The molecule has 0 unspecified atom stereocenters. The molecule has 32 heavy (non-hydrogen) atoms. The van der Waals surface area contributed by atoms with Crippen molar-refractivity contribution in [3.63, 3.8) is 0 Å². The normalized spacial score (nSPS) is 12.9. The number of benzene rings is 1. The molecule has 1 aliphatic carbocycles. The van der Waals surface area contributed by atoms with E-state index in [0.717, 1.165) is 17.1 Å². The third-order valence-electron chi connectivity index (χ3n) is 5.01. The summed E-state index contributed by atoms with van der Waals surface area (Å²) in [6.45, 7) is 1.98. The van der Waals surface area contributed by atoms with E-state index in [0.29, 0.717) is 23.5 Å². The van der Waals surface area contributed by atoms with Gasteiger partial charge in [-0.3, -0.25) is 14.3 Å². The fourth-order valence-corrected chi connectivity index (χ4v) is 3.14. The maximum absolute atomic E-state index is 12.4. The van der Waals surface area contributed by atoms with Gasteiger partial charge in [0.25, 0.3) is 5.91 Å². The van der Waals surface area contributed by atoms with E-state index < -0.39 is 0 Å². The van der Waals surface area contributed by atoms with Gasteiger partial charge in [-0.15, -0.1) is 0 Å². The fraction of sp³-hybridized carbons (Fsp3) is 0.182. The number of amides is 1. The van der Waals surface area contributed by atoms with Crippen LogP contribution >= 0.6 is 0 Å². The van der Waals surface area contributed by atoms with Crippen molar-refractivity contribution in [2.75, 3.05) is 16.0 Å². The van der Waals surface area contributed by atoms with E-state index in [1.54, 1.807) is 6.20 Å². The average Bonchev–Trinajstić information content (AvgIpc) is 3.51. The second-order valence-corrected chi connectivity index (χ2v) is 7.50. The zero-order valence-electron chi connectivity index (χ0n) is 17.4. The van der Waals surface area contributed by atoms with Gasteiger partial charge in [0.1, 0.15) is 23.7 Å². The first kappa shape index (κ1) is 19.6. The maximum atomic E-state index is 12.4. The van der Waals surface area contributed by atoms with Crippen molar-refractivity contribution in [2.45, 2.75) is 25.8 Å². The summed E-state index contributed by atoms with van der Waals surface area (Å²) in [4.78, 5) is 33.5. The predicted octanol–water partition coefficient (Wildman–Crippen LogP) is 3.33. The van der Waals surface area contributed by atoms with Crippen LogP contribution in [0, 0.1) is 6.92 Å². The summed E-state index contributed by atoms with van der Waals surface area (Å²) in [5, 5.41) is 9.56. The number of carbonyl (C=O) groups is 1. The molecule has 0 bridgehead atoms. The highest BCUT2D eigenvalue weighted by molar-refractivity contribution is 6.02. The van der Waals surface area contributed by atoms with Gasteiger partial charge in [-0.1, -0.05) is 6.07 Å². The molecule has 1 amide bonds. The number of carbonyl (C=O) groups excluding carboxylic acids is 1. The van der Waals surface area contributed by atoms with Gasteiger partial charge in [0, 0.05) is 48.3 Å². The number of nitrogens with one attached hydrogen (secondary N) is 3. The van der Waals surface area contributed by atoms with E-state index in [9.17, 15) is 4.79 Å². The number of aromatic nitrogens is 6. The predicted molar refractivity (Wildman–Crippen MR) is 120 cm³/mol. The highest BCUT2D eigenvalue weighted by atomic mass is 16.1. The standard InChI is InChI=1S/C22H21N9O/c1-14-2-3-16(29-21(32)18-12-23-6-7-24-18)10-17(14)30-22-25-8-9-31(22)20-11-19(26-13-27-20)28-15-4-5-15/h2-3,6-13,15H,4-5H2,1H3,(H,25,30)(H,29,32)(H,26,27,28). The fourth-order valence-electron chi connectivity index (χ4n) is 3.14. The van der Waals surface area contributed by atoms with E-state index in [-0.39, 0.29) is 11.6 Å². The molecule has 0 aliphatic heterocycles. The molecule has 3 N–H and O–H groups in total. The summed E-state index contributed by atoms with van der Waals surface area (Å²) >= 11 is 0. The number of imidazole rings is 1. The minimum atomic E-state index is -0.328. The molecule has 3 heterocycles. The van der Waals surface area contributed by atoms with Crippen molar-refractivity contribution >= 4 is 29.0 Å². The van der Waals surface area contributed by atoms with Crippen molar-refractivity contribution in [3.8, 4) is 5.82 Å². The van der Waals surface area contributed by atoms with E-state index in [1.807, 2.05) is 42.0 Å². The van der Waals surface area contributed by atoms with Crippen molar-refractivity contribution < 1.29 is 4.79 Å². The first-order valence-corrected chi connectivity index (χ1v) is 10.2. The van der Waals surface area contributed by atoms with Crippen LogP contribution in [0.3, 0.4) is 0 Å². The van der Waals surface area contributed by atoms with Crippen LogP contribution in [0.4, 0.5) is 23.1 Å². The highest BCUT2D eigenvalue weighted by Gasteiger charge is 2.21. The molecular weight excluding hydrogens is 406 g/mol. The van der Waals surface area contributed by atoms with Gasteiger partial charge < -0.3 is 16.0 Å². The zero-order chi connectivity index (χ0) is 21.9. The average molecular weight is 427 g/mol. The Labute approximate surface area is 184 Å². The van der Waals surface area contributed by atoms with Gasteiger partial charge in [-0.05, 0) is 37.5 Å². The minimum Gasteiger partial charge on any atom is -0.367 e. The highest BCUT2D eigenvalue weighted by Crippen LogP contribution is 2.27. The smallest absolute Gasteiger partial charge is 0.275 e. The Morgan fingerprint density at radius 3 is 2.78 bits per heavy atom. The number of rotatable bonds is 7. The molecule has 1 aromatic carbocycles. The summed E-state index contributed by atoms with van der Waals surface area (Å²) < 4.78 is 1.85. The van der Waals surface area contributed by atoms with Crippen LogP contribution in [0.2, 0.25) is 0 Å². The molecule has 160 valence electrons. The van der Waals surface area contributed by atoms with Crippen LogP contribution in [0.5, 0.6) is 0 Å².